The minimum absolute atomic E-state index is 0.113. The molecule has 106 valence electrons. The molecule has 0 aliphatic carbocycles. The molecule has 1 atom stereocenters. The number of ether oxygens (including phenoxy) is 2. The van der Waals surface area contributed by atoms with Crippen molar-refractivity contribution in [2.75, 3.05) is 14.2 Å². The predicted molar refractivity (Wildman–Crippen MR) is 66.0 cm³/mol. The summed E-state index contributed by atoms with van der Waals surface area (Å²) < 4.78 is 32.9. The second kappa shape index (κ2) is 7.04. The van der Waals surface area contributed by atoms with Crippen molar-refractivity contribution in [1.82, 2.24) is 4.90 Å². The average Bonchev–Trinajstić information content (AvgIpc) is 2.38. The van der Waals surface area contributed by atoms with Gasteiger partial charge >= 0.3 is 12.6 Å². The lowest BCUT2D eigenvalue weighted by Crippen LogP contribution is -2.36. The number of rotatable bonds is 6. The van der Waals surface area contributed by atoms with Gasteiger partial charge in [-0.05, 0) is 31.7 Å². The molecule has 1 aromatic rings. The van der Waals surface area contributed by atoms with Gasteiger partial charge in [0.2, 0.25) is 0 Å². The van der Waals surface area contributed by atoms with Crippen LogP contribution < -0.4 is 4.74 Å². The highest BCUT2D eigenvalue weighted by Gasteiger charge is 2.18. The summed E-state index contributed by atoms with van der Waals surface area (Å²) in [6.07, 6.45) is 0. The van der Waals surface area contributed by atoms with Crippen LogP contribution in [-0.2, 0) is 16.1 Å². The number of carbonyl (C=O) groups excluding carboxylic acids is 1. The standard InChI is InChI=1S/C13H17F2NO3/c1-9(12(17)18-3)16(2)8-10-4-6-11(7-5-10)19-13(14)15/h4-7,9,13H,8H2,1-3H3. The Morgan fingerprint density at radius 3 is 2.37 bits per heavy atom. The van der Waals surface area contributed by atoms with E-state index >= 15 is 0 Å². The van der Waals surface area contributed by atoms with E-state index in [4.69, 9.17) is 0 Å². The minimum atomic E-state index is -2.83. The van der Waals surface area contributed by atoms with Gasteiger partial charge in [-0.2, -0.15) is 8.78 Å². The molecule has 4 nitrogen and oxygen atoms in total. The zero-order chi connectivity index (χ0) is 14.4. The second-order valence-corrected chi connectivity index (χ2v) is 4.14. The minimum Gasteiger partial charge on any atom is -0.468 e. The van der Waals surface area contributed by atoms with Gasteiger partial charge in [0, 0.05) is 6.54 Å². The Kier molecular flexibility index (Phi) is 5.69. The summed E-state index contributed by atoms with van der Waals surface area (Å²) in [4.78, 5) is 13.2. The van der Waals surface area contributed by atoms with E-state index in [-0.39, 0.29) is 17.8 Å². The van der Waals surface area contributed by atoms with Crippen LogP contribution in [0, 0.1) is 0 Å². The number of likely N-dealkylation sites (N-methyl/N-ethyl adjacent to an activating group) is 1. The van der Waals surface area contributed by atoms with Crippen LogP contribution in [0.25, 0.3) is 0 Å². The van der Waals surface area contributed by atoms with E-state index in [0.717, 1.165) is 5.56 Å². The van der Waals surface area contributed by atoms with E-state index in [9.17, 15) is 13.6 Å². The molecule has 0 saturated carbocycles. The number of nitrogens with zero attached hydrogens (tertiary/aromatic N) is 1. The Morgan fingerprint density at radius 2 is 1.89 bits per heavy atom. The van der Waals surface area contributed by atoms with Gasteiger partial charge in [0.1, 0.15) is 11.8 Å². The highest BCUT2D eigenvalue weighted by molar-refractivity contribution is 5.75. The maximum Gasteiger partial charge on any atom is 0.387 e. The fraction of sp³-hybridized carbons (Fsp3) is 0.462. The maximum absolute atomic E-state index is 12.0. The number of esters is 1. The SMILES string of the molecule is COC(=O)C(C)N(C)Cc1ccc(OC(F)F)cc1. The summed E-state index contributed by atoms with van der Waals surface area (Å²) >= 11 is 0. The summed E-state index contributed by atoms with van der Waals surface area (Å²) in [7, 11) is 3.12. The Hall–Kier alpha value is -1.69. The van der Waals surface area contributed by atoms with Crippen LogP contribution in [0.5, 0.6) is 5.75 Å². The molecule has 0 aliphatic rings. The quantitative estimate of drug-likeness (QED) is 0.745. The van der Waals surface area contributed by atoms with E-state index in [1.807, 2.05) is 0 Å². The first kappa shape index (κ1) is 15.4. The van der Waals surface area contributed by atoms with Crippen LogP contribution in [0.3, 0.4) is 0 Å². The van der Waals surface area contributed by atoms with Crippen LogP contribution in [0.1, 0.15) is 12.5 Å². The van der Waals surface area contributed by atoms with E-state index in [1.165, 1.54) is 19.2 Å². The first-order chi connectivity index (χ1) is 8.93. The average molecular weight is 273 g/mol. The first-order valence-electron chi connectivity index (χ1n) is 5.76. The number of carbonyl (C=O) groups is 1. The fourth-order valence-corrected chi connectivity index (χ4v) is 1.55. The lowest BCUT2D eigenvalue weighted by molar-refractivity contribution is -0.145. The Balaban J connectivity index is 2.60. The molecule has 1 unspecified atom stereocenters. The van der Waals surface area contributed by atoms with Gasteiger partial charge in [-0.3, -0.25) is 9.69 Å². The molecule has 0 aliphatic heterocycles. The molecule has 19 heavy (non-hydrogen) atoms. The van der Waals surface area contributed by atoms with Gasteiger partial charge < -0.3 is 9.47 Å². The lowest BCUT2D eigenvalue weighted by atomic mass is 10.2. The molecule has 6 heteroatoms. The van der Waals surface area contributed by atoms with Crippen molar-refractivity contribution in [1.29, 1.82) is 0 Å². The van der Waals surface area contributed by atoms with Gasteiger partial charge in [0.25, 0.3) is 0 Å². The van der Waals surface area contributed by atoms with Crippen molar-refractivity contribution >= 4 is 5.97 Å². The summed E-state index contributed by atoms with van der Waals surface area (Å²) in [6, 6.07) is 5.93. The third-order valence-electron chi connectivity index (χ3n) is 2.78. The van der Waals surface area contributed by atoms with Gasteiger partial charge in [-0.1, -0.05) is 12.1 Å². The Morgan fingerprint density at radius 1 is 1.32 bits per heavy atom. The summed E-state index contributed by atoms with van der Waals surface area (Å²) in [5, 5.41) is 0. The lowest BCUT2D eigenvalue weighted by Gasteiger charge is -2.22. The number of hydrogen-bond acceptors (Lipinski definition) is 4. The van der Waals surface area contributed by atoms with Gasteiger partial charge in [-0.15, -0.1) is 0 Å². The monoisotopic (exact) mass is 273 g/mol. The third kappa shape index (κ3) is 4.82. The van der Waals surface area contributed by atoms with Crippen LogP contribution >= 0.6 is 0 Å². The smallest absolute Gasteiger partial charge is 0.387 e. The fourth-order valence-electron chi connectivity index (χ4n) is 1.55. The molecule has 1 aromatic carbocycles. The Bertz CT molecular complexity index is 409. The molecular weight excluding hydrogens is 256 g/mol. The summed E-state index contributed by atoms with van der Waals surface area (Å²) in [5.41, 5.74) is 0.889. The molecule has 0 spiro atoms. The van der Waals surface area contributed by atoms with E-state index < -0.39 is 6.61 Å². The van der Waals surface area contributed by atoms with Crippen LogP contribution in [0.4, 0.5) is 8.78 Å². The number of alkyl halides is 2. The molecule has 0 N–H and O–H groups in total. The van der Waals surface area contributed by atoms with E-state index in [1.54, 1.807) is 31.0 Å². The molecular formula is C13H17F2NO3. The zero-order valence-corrected chi connectivity index (χ0v) is 11.1. The van der Waals surface area contributed by atoms with E-state index in [2.05, 4.69) is 9.47 Å². The zero-order valence-electron chi connectivity index (χ0n) is 11.1. The summed E-state index contributed by atoms with van der Waals surface area (Å²) in [5.74, 6) is -0.206. The highest BCUT2D eigenvalue weighted by Crippen LogP contribution is 2.16. The summed E-state index contributed by atoms with van der Waals surface area (Å²) in [6.45, 7) is -0.585. The van der Waals surface area contributed by atoms with E-state index in [0.29, 0.717) is 6.54 Å². The molecule has 0 heterocycles. The second-order valence-electron chi connectivity index (χ2n) is 4.14. The Labute approximate surface area is 110 Å². The number of methoxy groups -OCH3 is 1. The molecule has 0 aromatic heterocycles. The van der Waals surface area contributed by atoms with Crippen LogP contribution in [0.2, 0.25) is 0 Å². The highest BCUT2D eigenvalue weighted by atomic mass is 19.3. The molecule has 0 saturated heterocycles. The van der Waals surface area contributed by atoms with Gasteiger partial charge in [0.15, 0.2) is 0 Å². The van der Waals surface area contributed by atoms with Crippen LogP contribution in [0.15, 0.2) is 24.3 Å². The molecule has 1 rings (SSSR count). The molecule has 0 amide bonds. The number of hydrogen-bond donors (Lipinski definition) is 0. The van der Waals surface area contributed by atoms with Gasteiger partial charge in [0.05, 0.1) is 7.11 Å². The van der Waals surface area contributed by atoms with Crippen molar-refractivity contribution < 1.29 is 23.0 Å². The number of halogens is 2. The van der Waals surface area contributed by atoms with Crippen molar-refractivity contribution in [3.8, 4) is 5.75 Å². The third-order valence-corrected chi connectivity index (χ3v) is 2.78. The molecule has 0 radical (unpaired) electrons. The number of benzene rings is 1. The molecule has 0 fully saturated rings. The van der Waals surface area contributed by atoms with Gasteiger partial charge in [-0.25, -0.2) is 0 Å². The molecule has 0 bridgehead atoms. The van der Waals surface area contributed by atoms with Crippen molar-refractivity contribution in [2.24, 2.45) is 0 Å². The predicted octanol–water partition coefficient (Wildman–Crippen LogP) is 2.28. The van der Waals surface area contributed by atoms with Crippen molar-refractivity contribution in [3.63, 3.8) is 0 Å². The van der Waals surface area contributed by atoms with Crippen LogP contribution in [-0.4, -0.2) is 37.7 Å². The van der Waals surface area contributed by atoms with Crippen molar-refractivity contribution in [2.45, 2.75) is 26.1 Å². The van der Waals surface area contributed by atoms with Crippen molar-refractivity contribution in [3.05, 3.63) is 29.8 Å². The topological polar surface area (TPSA) is 38.8 Å². The maximum atomic E-state index is 12.0. The first-order valence-corrected chi connectivity index (χ1v) is 5.76. The largest absolute Gasteiger partial charge is 0.468 e. The normalized spacial score (nSPS) is 12.6.